The minimum atomic E-state index is -0.479. The molecule has 0 amide bonds. The molecule has 2 unspecified atom stereocenters. The topological polar surface area (TPSA) is 59.3 Å². The lowest BCUT2D eigenvalue weighted by Crippen LogP contribution is -2.31. The number of methoxy groups -OCH3 is 1. The van der Waals surface area contributed by atoms with Crippen molar-refractivity contribution in [2.75, 3.05) is 20.3 Å². The Morgan fingerprint density at radius 2 is 2.10 bits per heavy atom. The molecule has 2 atom stereocenters. The Morgan fingerprint density at radius 3 is 2.70 bits per heavy atom. The summed E-state index contributed by atoms with van der Waals surface area (Å²) < 4.78 is 6.86. The Hall–Kier alpha value is -1.69. The summed E-state index contributed by atoms with van der Waals surface area (Å²) in [5.41, 5.74) is 2.26. The van der Waals surface area contributed by atoms with Crippen molar-refractivity contribution in [2.24, 2.45) is 0 Å². The first-order chi connectivity index (χ1) is 9.70. The van der Waals surface area contributed by atoms with Gasteiger partial charge < -0.3 is 19.7 Å². The van der Waals surface area contributed by atoms with Crippen LogP contribution in [-0.4, -0.2) is 41.0 Å². The molecule has 1 heterocycles. The van der Waals surface area contributed by atoms with Crippen LogP contribution < -0.4 is 5.32 Å². The van der Waals surface area contributed by atoms with Crippen LogP contribution in [0.1, 0.15) is 18.5 Å². The van der Waals surface area contributed by atoms with Crippen LogP contribution >= 0.6 is 0 Å². The zero-order chi connectivity index (χ0) is 14.4. The molecule has 0 aliphatic heterocycles. The molecule has 1 aromatic heterocycles. The van der Waals surface area contributed by atoms with Crippen molar-refractivity contribution in [3.8, 4) is 5.69 Å². The Balaban J connectivity index is 1.92. The second-order valence-electron chi connectivity index (χ2n) is 4.80. The van der Waals surface area contributed by atoms with Crippen molar-refractivity contribution >= 4 is 0 Å². The average Bonchev–Trinajstić information content (AvgIpc) is 2.99. The fourth-order valence-electron chi connectivity index (χ4n) is 2.03. The lowest BCUT2D eigenvalue weighted by Gasteiger charge is -2.17. The molecule has 108 valence electrons. The van der Waals surface area contributed by atoms with Gasteiger partial charge in [-0.15, -0.1) is 0 Å². The minimum Gasteiger partial charge on any atom is -0.389 e. The minimum absolute atomic E-state index is 0.179. The van der Waals surface area contributed by atoms with Crippen LogP contribution in [0.3, 0.4) is 0 Å². The predicted molar refractivity (Wildman–Crippen MR) is 77.9 cm³/mol. The van der Waals surface area contributed by atoms with Crippen LogP contribution in [0.2, 0.25) is 0 Å². The van der Waals surface area contributed by atoms with Gasteiger partial charge in [-0.3, -0.25) is 0 Å². The highest BCUT2D eigenvalue weighted by molar-refractivity contribution is 5.35. The van der Waals surface area contributed by atoms with Crippen LogP contribution in [0.4, 0.5) is 0 Å². The molecule has 2 rings (SSSR count). The van der Waals surface area contributed by atoms with Gasteiger partial charge in [0.15, 0.2) is 0 Å². The zero-order valence-electron chi connectivity index (χ0n) is 11.9. The van der Waals surface area contributed by atoms with Crippen molar-refractivity contribution in [3.05, 3.63) is 48.5 Å². The number of ether oxygens (including phenoxy) is 1. The molecule has 5 nitrogen and oxygen atoms in total. The molecule has 0 bridgehead atoms. The van der Waals surface area contributed by atoms with Gasteiger partial charge in [0, 0.05) is 37.8 Å². The molecule has 1 aromatic carbocycles. The fourth-order valence-corrected chi connectivity index (χ4v) is 2.03. The van der Waals surface area contributed by atoms with E-state index in [9.17, 15) is 5.11 Å². The van der Waals surface area contributed by atoms with Gasteiger partial charge in [-0.25, -0.2) is 4.98 Å². The first kappa shape index (κ1) is 14.7. The maximum Gasteiger partial charge on any atom is 0.0991 e. The zero-order valence-corrected chi connectivity index (χ0v) is 11.9. The van der Waals surface area contributed by atoms with E-state index >= 15 is 0 Å². The molecule has 5 heteroatoms. The number of nitrogens with one attached hydrogen (secondary N) is 1. The van der Waals surface area contributed by atoms with Gasteiger partial charge in [0.2, 0.25) is 0 Å². The van der Waals surface area contributed by atoms with Crippen LogP contribution in [0.5, 0.6) is 0 Å². The molecule has 0 saturated heterocycles. The van der Waals surface area contributed by atoms with Gasteiger partial charge in [-0.05, 0) is 24.6 Å². The van der Waals surface area contributed by atoms with E-state index in [1.54, 1.807) is 19.6 Å². The number of rotatable bonds is 7. The van der Waals surface area contributed by atoms with E-state index in [4.69, 9.17) is 4.74 Å². The number of nitrogens with zero attached hydrogens (tertiary/aromatic N) is 2. The van der Waals surface area contributed by atoms with Crippen LogP contribution in [-0.2, 0) is 4.74 Å². The van der Waals surface area contributed by atoms with Gasteiger partial charge in [-0.2, -0.15) is 0 Å². The standard InChI is InChI=1S/C15H21N3O2/c1-12(17-9-15(19)10-20-2)13-3-5-14(6-4-13)18-8-7-16-11-18/h3-8,11-12,15,17,19H,9-10H2,1-2H3. The molecule has 0 aliphatic carbocycles. The van der Waals surface area contributed by atoms with Crippen molar-refractivity contribution in [1.29, 1.82) is 0 Å². The van der Waals surface area contributed by atoms with E-state index in [2.05, 4.69) is 41.5 Å². The summed E-state index contributed by atoms with van der Waals surface area (Å²) in [5.74, 6) is 0. The highest BCUT2D eigenvalue weighted by atomic mass is 16.5. The molecule has 0 spiro atoms. The second-order valence-corrected chi connectivity index (χ2v) is 4.80. The summed E-state index contributed by atoms with van der Waals surface area (Å²) in [6.07, 6.45) is 4.97. The SMILES string of the molecule is COCC(O)CNC(C)c1ccc(-n2ccnc2)cc1. The number of imidazole rings is 1. The Labute approximate surface area is 119 Å². The molecule has 0 radical (unpaired) electrons. The van der Waals surface area contributed by atoms with Crippen molar-refractivity contribution in [1.82, 2.24) is 14.9 Å². The fraction of sp³-hybridized carbons (Fsp3) is 0.400. The lowest BCUT2D eigenvalue weighted by molar-refractivity contribution is 0.0630. The molecule has 0 aliphatic rings. The third-order valence-corrected chi connectivity index (χ3v) is 3.21. The Kier molecular flexibility index (Phi) is 5.29. The summed E-state index contributed by atoms with van der Waals surface area (Å²) in [6, 6.07) is 8.45. The lowest BCUT2D eigenvalue weighted by atomic mass is 10.1. The summed E-state index contributed by atoms with van der Waals surface area (Å²) in [5, 5.41) is 12.9. The number of aliphatic hydroxyl groups excluding tert-OH is 1. The van der Waals surface area contributed by atoms with Gasteiger partial charge in [0.25, 0.3) is 0 Å². The van der Waals surface area contributed by atoms with Crippen molar-refractivity contribution in [2.45, 2.75) is 19.1 Å². The summed E-state index contributed by atoms with van der Waals surface area (Å²) in [6.45, 7) is 2.93. The maximum atomic E-state index is 9.62. The largest absolute Gasteiger partial charge is 0.389 e. The number of hydrogen-bond acceptors (Lipinski definition) is 4. The van der Waals surface area contributed by atoms with Gasteiger partial charge in [0.1, 0.15) is 0 Å². The van der Waals surface area contributed by atoms with E-state index < -0.39 is 6.10 Å². The van der Waals surface area contributed by atoms with Gasteiger partial charge >= 0.3 is 0 Å². The molecule has 2 aromatic rings. The summed E-state index contributed by atoms with van der Waals surface area (Å²) in [4.78, 5) is 4.03. The normalized spacial score (nSPS) is 14.2. The Bertz CT molecular complexity index is 496. The van der Waals surface area contributed by atoms with Crippen molar-refractivity contribution in [3.63, 3.8) is 0 Å². The predicted octanol–water partition coefficient (Wildman–Crippen LogP) is 1.53. The highest BCUT2D eigenvalue weighted by Crippen LogP contribution is 2.15. The first-order valence-electron chi connectivity index (χ1n) is 6.69. The molecule has 0 saturated carbocycles. The van der Waals surface area contributed by atoms with E-state index in [1.807, 2.05) is 10.8 Å². The molecule has 2 N–H and O–H groups in total. The van der Waals surface area contributed by atoms with E-state index in [-0.39, 0.29) is 6.04 Å². The van der Waals surface area contributed by atoms with E-state index in [0.717, 1.165) is 5.69 Å². The monoisotopic (exact) mass is 275 g/mol. The third-order valence-electron chi connectivity index (χ3n) is 3.21. The quantitative estimate of drug-likeness (QED) is 0.804. The van der Waals surface area contributed by atoms with E-state index in [0.29, 0.717) is 13.2 Å². The van der Waals surface area contributed by atoms with Gasteiger partial charge in [0.05, 0.1) is 19.0 Å². The number of aromatic nitrogens is 2. The molecular weight excluding hydrogens is 254 g/mol. The number of hydrogen-bond donors (Lipinski definition) is 2. The average molecular weight is 275 g/mol. The molecule has 20 heavy (non-hydrogen) atoms. The van der Waals surface area contributed by atoms with Gasteiger partial charge in [-0.1, -0.05) is 12.1 Å². The highest BCUT2D eigenvalue weighted by Gasteiger charge is 2.08. The number of aliphatic hydroxyl groups is 1. The van der Waals surface area contributed by atoms with Crippen LogP contribution in [0, 0.1) is 0 Å². The Morgan fingerprint density at radius 1 is 1.35 bits per heavy atom. The number of benzene rings is 1. The smallest absolute Gasteiger partial charge is 0.0991 e. The molecular formula is C15H21N3O2. The molecule has 0 fully saturated rings. The van der Waals surface area contributed by atoms with Crippen LogP contribution in [0.25, 0.3) is 5.69 Å². The second kappa shape index (κ2) is 7.19. The van der Waals surface area contributed by atoms with Crippen molar-refractivity contribution < 1.29 is 9.84 Å². The van der Waals surface area contributed by atoms with Crippen LogP contribution in [0.15, 0.2) is 43.0 Å². The first-order valence-corrected chi connectivity index (χ1v) is 6.69. The van der Waals surface area contributed by atoms with E-state index in [1.165, 1.54) is 5.56 Å². The summed E-state index contributed by atoms with van der Waals surface area (Å²) in [7, 11) is 1.58. The summed E-state index contributed by atoms with van der Waals surface area (Å²) >= 11 is 0. The third kappa shape index (κ3) is 3.90. The maximum absolute atomic E-state index is 9.62.